The molecule has 27 heavy (non-hydrogen) atoms. The second-order valence-corrected chi connectivity index (χ2v) is 6.98. The van der Waals surface area contributed by atoms with E-state index in [0.29, 0.717) is 15.8 Å². The average Bonchev–Trinajstić information content (AvgIpc) is 2.67. The minimum Gasteiger partial charge on any atom is -0.484 e. The van der Waals surface area contributed by atoms with Crippen LogP contribution in [0.2, 0.25) is 10.0 Å². The molecule has 2 aromatic rings. The van der Waals surface area contributed by atoms with Gasteiger partial charge in [0.25, 0.3) is 5.91 Å². The van der Waals surface area contributed by atoms with Crippen LogP contribution in [0.25, 0.3) is 0 Å². The quantitative estimate of drug-likeness (QED) is 0.756. The van der Waals surface area contributed by atoms with Crippen LogP contribution in [-0.2, 0) is 16.1 Å². The molecule has 1 N–H and O–H groups in total. The number of carbonyl (C=O) groups excluding carboxylic acids is 2. The molecule has 0 saturated heterocycles. The molecule has 0 unspecified atom stereocenters. The highest BCUT2D eigenvalue weighted by molar-refractivity contribution is 6.31. The number of benzene rings is 2. The van der Waals surface area contributed by atoms with E-state index in [0.717, 1.165) is 11.1 Å². The first kappa shape index (κ1) is 21.1. The van der Waals surface area contributed by atoms with Crippen molar-refractivity contribution in [2.24, 2.45) is 0 Å². The number of hydrogen-bond acceptors (Lipinski definition) is 3. The number of amides is 2. The van der Waals surface area contributed by atoms with Crippen molar-refractivity contribution < 1.29 is 14.3 Å². The molecule has 2 amide bonds. The number of nitrogens with one attached hydrogen (secondary N) is 1. The molecule has 0 aliphatic rings. The van der Waals surface area contributed by atoms with Gasteiger partial charge < -0.3 is 15.0 Å². The van der Waals surface area contributed by atoms with Gasteiger partial charge in [-0.05, 0) is 55.3 Å². The average molecular weight is 409 g/mol. The molecule has 0 fully saturated rings. The summed E-state index contributed by atoms with van der Waals surface area (Å²) < 4.78 is 5.60. The number of ether oxygens (including phenoxy) is 1. The van der Waals surface area contributed by atoms with Gasteiger partial charge in [0.15, 0.2) is 6.61 Å². The van der Waals surface area contributed by atoms with Crippen LogP contribution in [0.15, 0.2) is 42.5 Å². The first-order chi connectivity index (χ1) is 12.8. The Labute approximate surface area is 169 Å². The Balaban J connectivity index is 2.12. The first-order valence-corrected chi connectivity index (χ1v) is 9.22. The Kier molecular flexibility index (Phi) is 7.51. The van der Waals surface area contributed by atoms with E-state index in [1.165, 1.54) is 11.9 Å². The van der Waals surface area contributed by atoms with Crippen molar-refractivity contribution in [2.45, 2.75) is 26.4 Å². The van der Waals surface area contributed by atoms with Crippen molar-refractivity contribution in [1.29, 1.82) is 0 Å². The molecule has 0 saturated carbocycles. The van der Waals surface area contributed by atoms with E-state index in [-0.39, 0.29) is 25.0 Å². The van der Waals surface area contributed by atoms with Crippen molar-refractivity contribution in [3.63, 3.8) is 0 Å². The fourth-order valence-corrected chi connectivity index (χ4v) is 2.76. The SMILES string of the molecule is CNC(=O)[C@@H](C)N(Cc1ccc(Cl)cc1)C(=O)COc1ccc(Cl)c(C)c1. The van der Waals surface area contributed by atoms with Crippen molar-refractivity contribution in [2.75, 3.05) is 13.7 Å². The minimum atomic E-state index is -0.645. The molecule has 1 atom stereocenters. The van der Waals surface area contributed by atoms with Gasteiger partial charge in [-0.2, -0.15) is 0 Å². The van der Waals surface area contributed by atoms with E-state index in [4.69, 9.17) is 27.9 Å². The Bertz CT molecular complexity index is 809. The third-order valence-corrected chi connectivity index (χ3v) is 4.85. The number of nitrogens with zero attached hydrogens (tertiary/aromatic N) is 1. The second kappa shape index (κ2) is 9.62. The van der Waals surface area contributed by atoms with Gasteiger partial charge >= 0.3 is 0 Å². The van der Waals surface area contributed by atoms with Crippen LogP contribution in [-0.4, -0.2) is 36.4 Å². The van der Waals surface area contributed by atoms with E-state index in [2.05, 4.69) is 5.32 Å². The summed E-state index contributed by atoms with van der Waals surface area (Å²) in [7, 11) is 1.54. The molecule has 0 radical (unpaired) electrons. The molecule has 7 heteroatoms. The third kappa shape index (κ3) is 5.88. The maximum Gasteiger partial charge on any atom is 0.261 e. The van der Waals surface area contributed by atoms with Crippen LogP contribution in [0, 0.1) is 6.92 Å². The Hall–Kier alpha value is -2.24. The Morgan fingerprint density at radius 1 is 1.15 bits per heavy atom. The zero-order chi connectivity index (χ0) is 20.0. The number of carbonyl (C=O) groups is 2. The fraction of sp³-hybridized carbons (Fsp3) is 0.300. The van der Waals surface area contributed by atoms with Gasteiger partial charge in [0.2, 0.25) is 5.91 Å². The zero-order valence-electron chi connectivity index (χ0n) is 15.5. The molecule has 2 aromatic carbocycles. The molecule has 2 rings (SSSR count). The standard InChI is InChI=1S/C20H22Cl2N2O3/c1-13-10-17(8-9-18(13)22)27-12-19(25)24(14(2)20(26)23-3)11-15-4-6-16(21)7-5-15/h4-10,14H,11-12H2,1-3H3,(H,23,26)/t14-/m1/s1. The Morgan fingerprint density at radius 2 is 1.81 bits per heavy atom. The van der Waals surface area contributed by atoms with Crippen molar-refractivity contribution in [3.8, 4) is 5.75 Å². The predicted molar refractivity (Wildman–Crippen MR) is 107 cm³/mol. The fourth-order valence-electron chi connectivity index (χ4n) is 2.51. The van der Waals surface area contributed by atoms with Crippen molar-refractivity contribution >= 4 is 35.0 Å². The van der Waals surface area contributed by atoms with Crippen molar-refractivity contribution in [1.82, 2.24) is 10.2 Å². The molecule has 0 spiro atoms. The topological polar surface area (TPSA) is 58.6 Å². The zero-order valence-corrected chi connectivity index (χ0v) is 17.0. The highest BCUT2D eigenvalue weighted by Crippen LogP contribution is 2.21. The molecule has 0 bridgehead atoms. The summed E-state index contributed by atoms with van der Waals surface area (Å²) in [6, 6.07) is 11.7. The van der Waals surface area contributed by atoms with Gasteiger partial charge in [0.05, 0.1) is 0 Å². The summed E-state index contributed by atoms with van der Waals surface area (Å²) in [5.41, 5.74) is 1.73. The van der Waals surface area contributed by atoms with E-state index >= 15 is 0 Å². The van der Waals surface area contributed by atoms with Crippen LogP contribution in [0.1, 0.15) is 18.1 Å². The highest BCUT2D eigenvalue weighted by Gasteiger charge is 2.25. The van der Waals surface area contributed by atoms with Gasteiger partial charge in [-0.15, -0.1) is 0 Å². The summed E-state index contributed by atoms with van der Waals surface area (Å²) >= 11 is 11.9. The Morgan fingerprint density at radius 3 is 2.41 bits per heavy atom. The van der Waals surface area contributed by atoms with Gasteiger partial charge in [0, 0.05) is 23.6 Å². The van der Waals surface area contributed by atoms with Crippen LogP contribution in [0.3, 0.4) is 0 Å². The smallest absolute Gasteiger partial charge is 0.261 e. The summed E-state index contributed by atoms with van der Waals surface area (Å²) in [4.78, 5) is 26.3. The van der Waals surface area contributed by atoms with Gasteiger partial charge in [-0.3, -0.25) is 9.59 Å². The molecule has 5 nitrogen and oxygen atoms in total. The lowest BCUT2D eigenvalue weighted by Gasteiger charge is -2.28. The number of hydrogen-bond donors (Lipinski definition) is 1. The maximum atomic E-state index is 12.8. The van der Waals surface area contributed by atoms with E-state index < -0.39 is 6.04 Å². The van der Waals surface area contributed by atoms with E-state index in [1.54, 1.807) is 37.3 Å². The summed E-state index contributed by atoms with van der Waals surface area (Å²) in [6.07, 6.45) is 0. The molecular weight excluding hydrogens is 387 g/mol. The number of rotatable bonds is 7. The van der Waals surface area contributed by atoms with Gasteiger partial charge in [-0.25, -0.2) is 0 Å². The van der Waals surface area contributed by atoms with Crippen molar-refractivity contribution in [3.05, 3.63) is 63.6 Å². The first-order valence-electron chi connectivity index (χ1n) is 8.46. The molecule has 0 aromatic heterocycles. The predicted octanol–water partition coefficient (Wildman–Crippen LogP) is 3.84. The number of aryl methyl sites for hydroxylation is 1. The minimum absolute atomic E-state index is 0.185. The van der Waals surface area contributed by atoms with Crippen LogP contribution in [0.4, 0.5) is 0 Å². The number of halogens is 2. The number of likely N-dealkylation sites (N-methyl/N-ethyl adjacent to an activating group) is 1. The molecule has 144 valence electrons. The normalized spacial score (nSPS) is 11.6. The molecule has 0 aliphatic heterocycles. The molecule has 0 heterocycles. The van der Waals surface area contributed by atoms with E-state index in [9.17, 15) is 9.59 Å². The van der Waals surface area contributed by atoms with Crippen LogP contribution < -0.4 is 10.1 Å². The van der Waals surface area contributed by atoms with E-state index in [1.807, 2.05) is 19.1 Å². The second-order valence-electron chi connectivity index (χ2n) is 6.14. The lowest BCUT2D eigenvalue weighted by atomic mass is 10.1. The van der Waals surface area contributed by atoms with Gasteiger partial charge in [0.1, 0.15) is 11.8 Å². The lowest BCUT2D eigenvalue weighted by Crippen LogP contribution is -2.48. The summed E-state index contributed by atoms with van der Waals surface area (Å²) in [5, 5.41) is 3.81. The largest absolute Gasteiger partial charge is 0.484 e. The maximum absolute atomic E-state index is 12.8. The third-order valence-electron chi connectivity index (χ3n) is 4.17. The lowest BCUT2D eigenvalue weighted by molar-refractivity contribution is -0.142. The summed E-state index contributed by atoms with van der Waals surface area (Å²) in [6.45, 7) is 3.63. The molecule has 0 aliphatic carbocycles. The molecular formula is C20H22Cl2N2O3. The van der Waals surface area contributed by atoms with Gasteiger partial charge in [-0.1, -0.05) is 35.3 Å². The summed E-state index contributed by atoms with van der Waals surface area (Å²) in [5.74, 6) is -0.00223. The monoisotopic (exact) mass is 408 g/mol. The van der Waals surface area contributed by atoms with Crippen LogP contribution in [0.5, 0.6) is 5.75 Å². The highest BCUT2D eigenvalue weighted by atomic mass is 35.5. The van der Waals surface area contributed by atoms with Crippen LogP contribution >= 0.6 is 23.2 Å².